The molecule has 0 aliphatic carbocycles. The number of nitrogens with zero attached hydrogens (tertiary/aromatic N) is 3. The van der Waals surface area contributed by atoms with Crippen LogP contribution in [0.3, 0.4) is 0 Å². The summed E-state index contributed by atoms with van der Waals surface area (Å²) in [5.41, 5.74) is 2.34. The van der Waals surface area contributed by atoms with Crippen LogP contribution in [0.15, 0.2) is 12.1 Å². The molecule has 1 saturated heterocycles. The molecule has 3 nitrogen and oxygen atoms in total. The maximum absolute atomic E-state index is 6.01. The van der Waals surface area contributed by atoms with E-state index in [4.69, 9.17) is 16.6 Å². The van der Waals surface area contributed by atoms with Crippen molar-refractivity contribution in [3.63, 3.8) is 0 Å². The van der Waals surface area contributed by atoms with Gasteiger partial charge in [-0.2, -0.15) is 0 Å². The maximum Gasteiger partial charge on any atom is 0.128 e. The molecule has 1 aromatic heterocycles. The van der Waals surface area contributed by atoms with E-state index in [1.54, 1.807) is 0 Å². The molecule has 0 aromatic carbocycles. The van der Waals surface area contributed by atoms with Crippen molar-refractivity contribution >= 4 is 17.4 Å². The maximum atomic E-state index is 6.01. The van der Waals surface area contributed by atoms with Crippen LogP contribution in [0.2, 0.25) is 0 Å². The third-order valence-corrected chi connectivity index (χ3v) is 4.31. The minimum absolute atomic E-state index is 0.562. The Hall–Kier alpha value is -0.800. The van der Waals surface area contributed by atoms with Gasteiger partial charge in [-0.25, -0.2) is 4.98 Å². The lowest BCUT2D eigenvalue weighted by molar-refractivity contribution is 0.395. The molecule has 20 heavy (non-hydrogen) atoms. The number of anilines is 1. The molecule has 2 rings (SSSR count). The first-order valence-electron chi connectivity index (χ1n) is 7.57. The lowest BCUT2D eigenvalue weighted by Gasteiger charge is -2.23. The number of likely N-dealkylation sites (tertiary alicyclic amines) is 1. The number of halogens is 1. The van der Waals surface area contributed by atoms with Crippen molar-refractivity contribution in [1.29, 1.82) is 0 Å². The highest BCUT2D eigenvalue weighted by Crippen LogP contribution is 2.21. The summed E-state index contributed by atoms with van der Waals surface area (Å²) in [4.78, 5) is 9.48. The monoisotopic (exact) mass is 295 g/mol. The van der Waals surface area contributed by atoms with Crippen molar-refractivity contribution in [3.05, 3.63) is 23.4 Å². The highest BCUT2D eigenvalue weighted by atomic mass is 35.5. The smallest absolute Gasteiger partial charge is 0.128 e. The van der Waals surface area contributed by atoms with Gasteiger partial charge in [-0.3, -0.25) is 0 Å². The predicted molar refractivity (Wildman–Crippen MR) is 86.7 cm³/mol. The van der Waals surface area contributed by atoms with Gasteiger partial charge in [0.15, 0.2) is 0 Å². The van der Waals surface area contributed by atoms with E-state index in [0.29, 0.717) is 5.88 Å². The van der Waals surface area contributed by atoms with Gasteiger partial charge in [0.05, 0.1) is 0 Å². The standard InChI is InChI=1S/C16H26ClN3/c1-4-5-15-8-14(10-17)9-16(18-15)20(3)12-13-6-7-19(2)11-13/h8-9,13H,4-7,10-12H2,1-3H3. The Kier molecular flexibility index (Phi) is 5.67. The number of hydrogen-bond acceptors (Lipinski definition) is 3. The summed E-state index contributed by atoms with van der Waals surface area (Å²) in [5.74, 6) is 2.38. The summed E-state index contributed by atoms with van der Waals surface area (Å²) >= 11 is 6.01. The van der Waals surface area contributed by atoms with Gasteiger partial charge in [0.1, 0.15) is 5.82 Å². The molecule has 4 heteroatoms. The molecule has 0 amide bonds. The van der Waals surface area contributed by atoms with E-state index in [0.717, 1.165) is 36.8 Å². The molecule has 0 bridgehead atoms. The minimum atomic E-state index is 0.562. The molecule has 112 valence electrons. The van der Waals surface area contributed by atoms with E-state index in [9.17, 15) is 0 Å². The second kappa shape index (κ2) is 7.28. The molecule has 0 saturated carbocycles. The van der Waals surface area contributed by atoms with Crippen LogP contribution < -0.4 is 4.90 Å². The van der Waals surface area contributed by atoms with Gasteiger partial charge < -0.3 is 9.80 Å². The Morgan fingerprint density at radius 1 is 1.45 bits per heavy atom. The molecule has 0 radical (unpaired) electrons. The third-order valence-electron chi connectivity index (χ3n) is 4.00. The van der Waals surface area contributed by atoms with Crippen molar-refractivity contribution in [2.24, 2.45) is 5.92 Å². The highest BCUT2D eigenvalue weighted by Gasteiger charge is 2.21. The van der Waals surface area contributed by atoms with Gasteiger partial charge in [-0.15, -0.1) is 11.6 Å². The fraction of sp³-hybridized carbons (Fsp3) is 0.688. The van der Waals surface area contributed by atoms with Crippen LogP contribution >= 0.6 is 11.6 Å². The zero-order valence-electron chi connectivity index (χ0n) is 12.9. The average molecular weight is 296 g/mol. The van der Waals surface area contributed by atoms with Gasteiger partial charge in [0.2, 0.25) is 0 Å². The second-order valence-electron chi connectivity index (χ2n) is 6.01. The van der Waals surface area contributed by atoms with Crippen LogP contribution in [0.25, 0.3) is 0 Å². The van der Waals surface area contributed by atoms with E-state index >= 15 is 0 Å². The number of alkyl halides is 1. The van der Waals surface area contributed by atoms with E-state index in [2.05, 4.69) is 43.0 Å². The van der Waals surface area contributed by atoms with Crippen LogP contribution in [0.1, 0.15) is 31.0 Å². The van der Waals surface area contributed by atoms with Crippen molar-refractivity contribution in [2.45, 2.75) is 32.1 Å². The average Bonchev–Trinajstić information content (AvgIpc) is 2.84. The quantitative estimate of drug-likeness (QED) is 0.752. The van der Waals surface area contributed by atoms with E-state index < -0.39 is 0 Å². The van der Waals surface area contributed by atoms with E-state index in [1.165, 1.54) is 25.1 Å². The number of rotatable bonds is 6. The topological polar surface area (TPSA) is 19.4 Å². The summed E-state index contributed by atoms with van der Waals surface area (Å²) in [5, 5.41) is 0. The van der Waals surface area contributed by atoms with Crippen molar-refractivity contribution in [2.75, 3.05) is 38.6 Å². The van der Waals surface area contributed by atoms with Crippen LogP contribution in [0.4, 0.5) is 5.82 Å². The molecule has 1 aromatic rings. The van der Waals surface area contributed by atoms with Gasteiger partial charge >= 0.3 is 0 Å². The van der Waals surface area contributed by atoms with Gasteiger partial charge in [-0.1, -0.05) is 13.3 Å². The highest BCUT2D eigenvalue weighted by molar-refractivity contribution is 6.17. The fourth-order valence-electron chi connectivity index (χ4n) is 2.95. The number of aryl methyl sites for hydroxylation is 1. The fourth-order valence-corrected chi connectivity index (χ4v) is 3.10. The normalized spacial score (nSPS) is 19.5. The summed E-state index contributed by atoms with van der Waals surface area (Å²) in [6.45, 7) is 5.68. The molecule has 0 N–H and O–H groups in total. The predicted octanol–water partition coefficient (Wildman–Crippen LogP) is 3.16. The molecule has 1 fully saturated rings. The third kappa shape index (κ3) is 4.10. The lowest BCUT2D eigenvalue weighted by atomic mass is 10.1. The number of pyridine rings is 1. The lowest BCUT2D eigenvalue weighted by Crippen LogP contribution is -2.28. The Balaban J connectivity index is 2.07. The summed E-state index contributed by atoms with van der Waals surface area (Å²) in [7, 11) is 4.35. The Labute approximate surface area is 127 Å². The second-order valence-corrected chi connectivity index (χ2v) is 6.27. The molecule has 1 atom stereocenters. The van der Waals surface area contributed by atoms with E-state index in [-0.39, 0.29) is 0 Å². The summed E-state index contributed by atoms with van der Waals surface area (Å²) in [6, 6.07) is 4.27. The zero-order chi connectivity index (χ0) is 14.5. The largest absolute Gasteiger partial charge is 0.359 e. The molecule has 2 heterocycles. The summed E-state index contributed by atoms with van der Waals surface area (Å²) in [6.07, 6.45) is 3.44. The van der Waals surface area contributed by atoms with Gasteiger partial charge in [0.25, 0.3) is 0 Å². The minimum Gasteiger partial charge on any atom is -0.359 e. The Morgan fingerprint density at radius 3 is 2.85 bits per heavy atom. The number of hydrogen-bond donors (Lipinski definition) is 0. The number of aromatic nitrogens is 1. The van der Waals surface area contributed by atoms with Crippen LogP contribution in [-0.2, 0) is 12.3 Å². The SMILES string of the molecule is CCCc1cc(CCl)cc(N(C)CC2CCN(C)C2)n1. The molecule has 1 unspecified atom stereocenters. The molecule has 1 aliphatic heterocycles. The first-order chi connectivity index (χ1) is 9.62. The van der Waals surface area contributed by atoms with Crippen LogP contribution in [0.5, 0.6) is 0 Å². The van der Waals surface area contributed by atoms with E-state index in [1.807, 2.05) is 0 Å². The van der Waals surface area contributed by atoms with Crippen LogP contribution in [0, 0.1) is 5.92 Å². The molecular formula is C16H26ClN3. The van der Waals surface area contributed by atoms with Crippen molar-refractivity contribution < 1.29 is 0 Å². The van der Waals surface area contributed by atoms with Gasteiger partial charge in [-0.05, 0) is 50.0 Å². The first kappa shape index (κ1) is 15.6. The van der Waals surface area contributed by atoms with Crippen molar-refractivity contribution in [1.82, 2.24) is 9.88 Å². The van der Waals surface area contributed by atoms with Gasteiger partial charge in [0, 0.05) is 31.7 Å². The summed E-state index contributed by atoms with van der Waals surface area (Å²) < 4.78 is 0. The molecule has 1 aliphatic rings. The Morgan fingerprint density at radius 2 is 2.25 bits per heavy atom. The Bertz CT molecular complexity index is 436. The zero-order valence-corrected chi connectivity index (χ0v) is 13.7. The first-order valence-corrected chi connectivity index (χ1v) is 8.11. The molecule has 0 spiro atoms. The van der Waals surface area contributed by atoms with Crippen LogP contribution in [-0.4, -0.2) is 43.6 Å². The molecular weight excluding hydrogens is 270 g/mol. The van der Waals surface area contributed by atoms with Crippen molar-refractivity contribution in [3.8, 4) is 0 Å².